The molecule has 8 nitrogen and oxygen atoms in total. The molecule has 0 spiro atoms. The molecule has 2 saturated heterocycles. The Labute approximate surface area is 200 Å². The van der Waals surface area contributed by atoms with Crippen molar-refractivity contribution < 1.29 is 23.5 Å². The van der Waals surface area contributed by atoms with Crippen LogP contribution < -0.4 is 9.80 Å². The predicted molar refractivity (Wildman–Crippen MR) is 123 cm³/mol. The van der Waals surface area contributed by atoms with Gasteiger partial charge >= 0.3 is 6.09 Å². The number of aromatic nitrogens is 1. The van der Waals surface area contributed by atoms with Gasteiger partial charge in [0.1, 0.15) is 18.2 Å². The summed E-state index contributed by atoms with van der Waals surface area (Å²) in [6, 6.07) is 5.41. The SMILES string of the molecule is CCOCC1COC(=O)N1c1ccc(C(=O)N2CCN(c3ncc(Cl)cc3Cl)CC2)c(F)c1. The van der Waals surface area contributed by atoms with Gasteiger partial charge in [-0.1, -0.05) is 23.2 Å². The van der Waals surface area contributed by atoms with E-state index in [1.165, 1.54) is 23.2 Å². The zero-order valence-electron chi connectivity index (χ0n) is 18.0. The molecule has 0 N–H and O–H groups in total. The number of halogens is 3. The van der Waals surface area contributed by atoms with E-state index >= 15 is 0 Å². The number of rotatable bonds is 6. The topological polar surface area (TPSA) is 75.2 Å². The highest BCUT2D eigenvalue weighted by molar-refractivity contribution is 6.36. The van der Waals surface area contributed by atoms with Gasteiger partial charge in [-0.25, -0.2) is 14.2 Å². The Morgan fingerprint density at radius 1 is 1.24 bits per heavy atom. The standard InChI is InChI=1S/C22H23Cl2FN4O4/c1-2-32-12-16-13-33-22(31)29(16)15-3-4-17(19(25)10-15)21(30)28-7-5-27(6-8-28)20-18(24)9-14(23)11-26-20/h3-4,9-11,16H,2,5-8,12-13H2,1H3. The lowest BCUT2D eigenvalue weighted by molar-refractivity contribution is 0.0741. The maximum absolute atomic E-state index is 14.9. The number of carbonyl (C=O) groups is 2. The lowest BCUT2D eigenvalue weighted by Crippen LogP contribution is -2.49. The zero-order valence-corrected chi connectivity index (χ0v) is 19.5. The summed E-state index contributed by atoms with van der Waals surface area (Å²) in [5.41, 5.74) is 0.272. The molecule has 2 aliphatic heterocycles. The Morgan fingerprint density at radius 2 is 2.00 bits per heavy atom. The molecule has 2 fully saturated rings. The zero-order chi connectivity index (χ0) is 23.5. The van der Waals surface area contributed by atoms with Crippen molar-refractivity contribution in [2.45, 2.75) is 13.0 Å². The molecule has 2 aliphatic rings. The number of pyridine rings is 1. The highest BCUT2D eigenvalue weighted by Gasteiger charge is 2.35. The minimum atomic E-state index is -0.697. The first-order valence-electron chi connectivity index (χ1n) is 10.6. The van der Waals surface area contributed by atoms with Gasteiger partial charge in [0.25, 0.3) is 5.91 Å². The smallest absolute Gasteiger partial charge is 0.414 e. The van der Waals surface area contributed by atoms with E-state index in [9.17, 15) is 14.0 Å². The van der Waals surface area contributed by atoms with Crippen LogP contribution in [-0.4, -0.2) is 73.9 Å². The van der Waals surface area contributed by atoms with Crippen LogP contribution >= 0.6 is 23.2 Å². The Bertz CT molecular complexity index is 1050. The molecule has 0 aliphatic carbocycles. The third kappa shape index (κ3) is 5.00. The van der Waals surface area contributed by atoms with Gasteiger partial charge < -0.3 is 19.3 Å². The number of ether oxygens (including phenoxy) is 2. The highest BCUT2D eigenvalue weighted by atomic mass is 35.5. The molecule has 0 saturated carbocycles. The van der Waals surface area contributed by atoms with Crippen molar-refractivity contribution in [2.24, 2.45) is 0 Å². The fourth-order valence-corrected chi connectivity index (χ4v) is 4.41. The van der Waals surface area contributed by atoms with Crippen molar-refractivity contribution >= 4 is 46.7 Å². The molecule has 3 heterocycles. The molecular weight excluding hydrogens is 474 g/mol. The molecule has 33 heavy (non-hydrogen) atoms. The minimum absolute atomic E-state index is 0.0521. The van der Waals surface area contributed by atoms with E-state index in [2.05, 4.69) is 4.98 Å². The van der Waals surface area contributed by atoms with Crippen LogP contribution in [0.4, 0.5) is 20.7 Å². The van der Waals surface area contributed by atoms with Crippen LogP contribution in [0.25, 0.3) is 0 Å². The normalized spacial score (nSPS) is 18.6. The third-order valence-electron chi connectivity index (χ3n) is 5.59. The molecule has 11 heteroatoms. The van der Waals surface area contributed by atoms with E-state index in [4.69, 9.17) is 32.7 Å². The predicted octanol–water partition coefficient (Wildman–Crippen LogP) is 3.85. The average molecular weight is 497 g/mol. The molecule has 0 bridgehead atoms. The molecule has 176 valence electrons. The van der Waals surface area contributed by atoms with Crippen LogP contribution in [0.3, 0.4) is 0 Å². The fraction of sp³-hybridized carbons (Fsp3) is 0.409. The highest BCUT2D eigenvalue weighted by Crippen LogP contribution is 2.28. The van der Waals surface area contributed by atoms with Crippen molar-refractivity contribution in [1.82, 2.24) is 9.88 Å². The monoisotopic (exact) mass is 496 g/mol. The van der Waals surface area contributed by atoms with Gasteiger partial charge in [-0.2, -0.15) is 0 Å². The Hall–Kier alpha value is -2.62. The van der Waals surface area contributed by atoms with Gasteiger partial charge in [0.05, 0.1) is 33.9 Å². The molecule has 1 aromatic heterocycles. The Kier molecular flexibility index (Phi) is 7.21. The van der Waals surface area contributed by atoms with Crippen LogP contribution in [0.15, 0.2) is 30.5 Å². The molecule has 0 radical (unpaired) electrons. The summed E-state index contributed by atoms with van der Waals surface area (Å²) in [5.74, 6) is -0.510. The summed E-state index contributed by atoms with van der Waals surface area (Å²) in [5, 5.41) is 0.884. The van der Waals surface area contributed by atoms with Crippen LogP contribution in [0.5, 0.6) is 0 Å². The summed E-state index contributed by atoms with van der Waals surface area (Å²) in [4.78, 5) is 34.3. The van der Waals surface area contributed by atoms with E-state index < -0.39 is 17.8 Å². The van der Waals surface area contributed by atoms with Gasteiger partial charge in [0, 0.05) is 39.0 Å². The number of carbonyl (C=O) groups excluding carboxylic acids is 2. The molecule has 2 aromatic rings. The second-order valence-electron chi connectivity index (χ2n) is 7.66. The van der Waals surface area contributed by atoms with Crippen LogP contribution in [0.1, 0.15) is 17.3 Å². The maximum Gasteiger partial charge on any atom is 0.414 e. The second kappa shape index (κ2) is 10.1. The summed E-state index contributed by atoms with van der Waals surface area (Å²) < 4.78 is 25.4. The number of cyclic esters (lactones) is 1. The first-order valence-corrected chi connectivity index (χ1v) is 11.3. The minimum Gasteiger partial charge on any atom is -0.447 e. The summed E-state index contributed by atoms with van der Waals surface area (Å²) in [6.45, 7) is 4.55. The van der Waals surface area contributed by atoms with Crippen molar-refractivity contribution in [3.8, 4) is 0 Å². The first kappa shape index (κ1) is 23.5. The molecule has 2 amide bonds. The molecular formula is C22H23Cl2FN4O4. The third-order valence-corrected chi connectivity index (χ3v) is 6.08. The Morgan fingerprint density at radius 3 is 2.67 bits per heavy atom. The second-order valence-corrected chi connectivity index (χ2v) is 8.51. The number of hydrogen-bond donors (Lipinski definition) is 0. The van der Waals surface area contributed by atoms with E-state index in [1.54, 1.807) is 17.0 Å². The van der Waals surface area contributed by atoms with Crippen molar-refractivity contribution in [3.05, 3.63) is 51.9 Å². The maximum atomic E-state index is 14.9. The van der Waals surface area contributed by atoms with Crippen molar-refractivity contribution in [1.29, 1.82) is 0 Å². The van der Waals surface area contributed by atoms with Crippen molar-refractivity contribution in [3.63, 3.8) is 0 Å². The van der Waals surface area contributed by atoms with E-state index in [0.717, 1.165) is 0 Å². The van der Waals surface area contributed by atoms with E-state index in [1.807, 2.05) is 11.8 Å². The number of benzene rings is 1. The lowest BCUT2D eigenvalue weighted by Gasteiger charge is -2.35. The molecule has 1 atom stereocenters. The lowest BCUT2D eigenvalue weighted by atomic mass is 10.1. The van der Waals surface area contributed by atoms with Crippen LogP contribution in [0, 0.1) is 5.82 Å². The summed E-state index contributed by atoms with van der Waals surface area (Å²) in [7, 11) is 0. The van der Waals surface area contributed by atoms with Gasteiger partial charge in [-0.3, -0.25) is 9.69 Å². The van der Waals surface area contributed by atoms with Crippen LogP contribution in [-0.2, 0) is 9.47 Å². The van der Waals surface area contributed by atoms with Crippen molar-refractivity contribution in [2.75, 3.05) is 55.8 Å². The summed E-state index contributed by atoms with van der Waals surface area (Å²) >= 11 is 12.1. The number of anilines is 2. The first-order chi connectivity index (χ1) is 15.9. The average Bonchev–Trinajstić information content (AvgIpc) is 3.17. The molecule has 1 aromatic carbocycles. The van der Waals surface area contributed by atoms with Crippen LogP contribution in [0.2, 0.25) is 10.0 Å². The van der Waals surface area contributed by atoms with Gasteiger partial charge in [0.15, 0.2) is 0 Å². The largest absolute Gasteiger partial charge is 0.447 e. The quantitative estimate of drug-likeness (QED) is 0.604. The van der Waals surface area contributed by atoms with Gasteiger partial charge in [-0.15, -0.1) is 0 Å². The molecule has 4 rings (SSSR count). The number of amides is 2. The number of hydrogen-bond acceptors (Lipinski definition) is 6. The number of nitrogens with zero attached hydrogens (tertiary/aromatic N) is 4. The number of piperazine rings is 1. The Balaban J connectivity index is 1.43. The van der Waals surface area contributed by atoms with Gasteiger partial charge in [0.2, 0.25) is 0 Å². The molecule has 1 unspecified atom stereocenters. The fourth-order valence-electron chi connectivity index (χ4n) is 3.91. The van der Waals surface area contributed by atoms with E-state index in [-0.39, 0.29) is 24.8 Å². The van der Waals surface area contributed by atoms with Gasteiger partial charge in [-0.05, 0) is 31.2 Å². The van der Waals surface area contributed by atoms with E-state index in [0.29, 0.717) is 54.3 Å². The summed E-state index contributed by atoms with van der Waals surface area (Å²) in [6.07, 6.45) is 0.954.